The molecule has 0 N–H and O–H groups in total. The first kappa shape index (κ1) is 18.4. The Morgan fingerprint density at radius 2 is 1.27 bits per heavy atom. The van der Waals surface area contributed by atoms with Crippen LogP contribution in [0.4, 0.5) is 0 Å². The monoisotopic (exact) mass is 518 g/mol. The third-order valence-corrected chi connectivity index (χ3v) is 19.1. The topological polar surface area (TPSA) is 64.7 Å². The number of thioether (sulfide) groups is 2. The van der Waals surface area contributed by atoms with Crippen LogP contribution >= 0.6 is 23.5 Å². The third-order valence-electron chi connectivity index (χ3n) is 6.71. The van der Waals surface area contributed by atoms with E-state index < -0.39 is 0 Å². The minimum absolute atomic E-state index is 0.201. The van der Waals surface area contributed by atoms with Gasteiger partial charge in [-0.25, -0.2) is 0 Å². The van der Waals surface area contributed by atoms with Crippen molar-refractivity contribution in [2.45, 2.75) is 78.8 Å². The Morgan fingerprint density at radius 1 is 0.808 bits per heavy atom. The summed E-state index contributed by atoms with van der Waals surface area (Å²) in [4.78, 5) is 16.0. The van der Waals surface area contributed by atoms with E-state index in [9.17, 15) is 15.3 Å². The van der Waals surface area contributed by atoms with Gasteiger partial charge in [0, 0.05) is 0 Å². The summed E-state index contributed by atoms with van der Waals surface area (Å²) in [5.41, 5.74) is 0. The first-order chi connectivity index (χ1) is 12.7. The number of hydrogen-bond acceptors (Lipinski definition) is 5. The van der Waals surface area contributed by atoms with Crippen molar-refractivity contribution in [1.29, 1.82) is 10.5 Å². The molecule has 5 rings (SSSR count). The molecule has 4 heterocycles. The molecule has 3 nitrogen and oxygen atoms in total. The van der Waals surface area contributed by atoms with Crippen LogP contribution in [-0.4, -0.2) is 56.7 Å². The van der Waals surface area contributed by atoms with Crippen molar-refractivity contribution in [1.82, 2.24) is 0 Å². The van der Waals surface area contributed by atoms with E-state index in [0.717, 1.165) is 44.9 Å². The van der Waals surface area contributed by atoms with Gasteiger partial charge in [0.2, 0.25) is 0 Å². The first-order valence-electron chi connectivity index (χ1n) is 9.62. The molecule has 4 saturated heterocycles. The molecule has 5 fully saturated rings. The zero-order valence-electron chi connectivity index (χ0n) is 14.5. The van der Waals surface area contributed by atoms with Crippen LogP contribution < -0.4 is 0 Å². The summed E-state index contributed by atoms with van der Waals surface area (Å²) in [6.07, 6.45) is 6.78. The molecule has 7 heteroatoms. The Bertz CT molecular complexity index is 636. The predicted octanol–water partition coefficient (Wildman–Crippen LogP) is 3.75. The van der Waals surface area contributed by atoms with Gasteiger partial charge >= 0.3 is 177 Å². The van der Waals surface area contributed by atoms with Crippen molar-refractivity contribution >= 4 is 59.2 Å². The molecule has 1 saturated carbocycles. The van der Waals surface area contributed by atoms with Crippen LogP contribution in [0.3, 0.4) is 0 Å². The molecule has 0 aromatic heterocycles. The average Bonchev–Trinajstić information content (AvgIpc) is 3.45. The predicted molar refractivity (Wildman–Crippen MR) is 108 cm³/mol. The normalized spacial score (nSPS) is 52.6. The van der Waals surface area contributed by atoms with E-state index in [0.29, 0.717) is 58.0 Å². The second kappa shape index (κ2) is 7.33. The quantitative estimate of drug-likeness (QED) is 0.524. The maximum atomic E-state index is 13.1. The summed E-state index contributed by atoms with van der Waals surface area (Å²) < 4.78 is 0. The van der Waals surface area contributed by atoms with Gasteiger partial charge in [0.25, 0.3) is 0 Å². The van der Waals surface area contributed by atoms with Crippen LogP contribution in [0.5, 0.6) is 0 Å². The first-order valence-corrected chi connectivity index (χ1v) is 15.5. The fourth-order valence-corrected chi connectivity index (χ4v) is 18.6. The summed E-state index contributed by atoms with van der Waals surface area (Å²) >= 11 is 5.01. The zero-order chi connectivity index (χ0) is 17.8. The second-order valence-corrected chi connectivity index (χ2v) is 17.0. The molecule has 26 heavy (non-hydrogen) atoms. The van der Waals surface area contributed by atoms with Gasteiger partial charge in [-0.15, -0.1) is 0 Å². The van der Waals surface area contributed by atoms with Crippen LogP contribution in [0.2, 0.25) is 19.3 Å². The Morgan fingerprint density at radius 3 is 1.65 bits per heavy atom. The minimum atomic E-state index is 0.201. The number of hydrogen-bond donors (Lipinski definition) is 0. The number of rotatable bonds is 2. The van der Waals surface area contributed by atoms with Crippen LogP contribution in [0.25, 0.3) is 0 Å². The van der Waals surface area contributed by atoms with E-state index in [-0.39, 0.29) is 10.5 Å². The number of carbonyl (C=O) groups excluding carboxylic acids is 1. The van der Waals surface area contributed by atoms with Crippen molar-refractivity contribution in [3.8, 4) is 12.1 Å². The van der Waals surface area contributed by atoms with Crippen molar-refractivity contribution < 1.29 is 4.79 Å². The van der Waals surface area contributed by atoms with E-state index in [1.54, 1.807) is 0 Å². The fraction of sp³-hybridized carbons (Fsp3) is 0.842. The van der Waals surface area contributed by atoms with Gasteiger partial charge in [-0.1, -0.05) is 0 Å². The Labute approximate surface area is 176 Å². The molecule has 10 unspecified atom stereocenters. The van der Waals surface area contributed by atoms with Crippen LogP contribution in [0.15, 0.2) is 0 Å². The molecular formula is C19H22N2OS2Se2. The molecule has 0 amide bonds. The third kappa shape index (κ3) is 3.03. The Kier molecular flexibility index (Phi) is 5.19. The summed E-state index contributed by atoms with van der Waals surface area (Å²) in [6.45, 7) is 0. The van der Waals surface area contributed by atoms with Gasteiger partial charge in [-0.3, -0.25) is 0 Å². The van der Waals surface area contributed by atoms with E-state index in [2.05, 4.69) is 12.1 Å². The van der Waals surface area contributed by atoms with E-state index in [1.807, 2.05) is 23.5 Å². The van der Waals surface area contributed by atoms with Gasteiger partial charge in [0.1, 0.15) is 0 Å². The molecule has 0 aromatic rings. The standard InChI is InChI=1S/C19H22N2OS2Se2/c20-7-9-1-3-13(23-9)15-5-11-17(22)12-6-16(26-19(12)18(11)25-15)14-4-2-10(8-21)24-14/h9-16,18-19H,1-6H2. The zero-order valence-corrected chi connectivity index (χ0v) is 19.5. The molecule has 0 bridgehead atoms. The molecule has 0 radical (unpaired) electrons. The summed E-state index contributed by atoms with van der Waals surface area (Å²) in [5.74, 6) is 1.37. The van der Waals surface area contributed by atoms with Crippen LogP contribution in [0, 0.1) is 34.5 Å². The number of ketones is 1. The van der Waals surface area contributed by atoms with Gasteiger partial charge in [-0.2, -0.15) is 0 Å². The Hall–Kier alpha value is 0.389. The summed E-state index contributed by atoms with van der Waals surface area (Å²) in [6, 6.07) is 4.88. The van der Waals surface area contributed by atoms with E-state index >= 15 is 0 Å². The van der Waals surface area contributed by atoms with Crippen molar-refractivity contribution in [2.75, 3.05) is 0 Å². The van der Waals surface area contributed by atoms with E-state index in [1.165, 1.54) is 12.8 Å². The molecule has 0 aromatic carbocycles. The van der Waals surface area contributed by atoms with Crippen LogP contribution in [-0.2, 0) is 4.79 Å². The van der Waals surface area contributed by atoms with Gasteiger partial charge in [-0.05, 0) is 0 Å². The molecule has 10 atom stereocenters. The average molecular weight is 516 g/mol. The number of nitrogens with zero attached hydrogens (tertiary/aromatic N) is 2. The molecule has 5 aliphatic rings. The van der Waals surface area contributed by atoms with Crippen molar-refractivity contribution in [3.63, 3.8) is 0 Å². The van der Waals surface area contributed by atoms with Crippen LogP contribution in [0.1, 0.15) is 38.5 Å². The Balaban J connectivity index is 1.24. The van der Waals surface area contributed by atoms with Crippen molar-refractivity contribution in [3.05, 3.63) is 0 Å². The molecule has 4 aliphatic heterocycles. The van der Waals surface area contributed by atoms with Crippen molar-refractivity contribution in [2.24, 2.45) is 11.8 Å². The number of nitriles is 2. The fourth-order valence-electron chi connectivity index (χ4n) is 5.46. The molecule has 0 spiro atoms. The number of fused-ring (bicyclic) bond motifs is 3. The van der Waals surface area contributed by atoms with Gasteiger partial charge in [0.15, 0.2) is 0 Å². The molecule has 138 valence electrons. The molecule has 1 aliphatic carbocycles. The molecular weight excluding hydrogens is 494 g/mol. The SMILES string of the molecule is N#CC1CCC(C2CC3C(=O)C4CC(C5CCC(C#N)S5)[Se]C4C3[Se]2)S1. The number of carbonyl (C=O) groups is 1. The second-order valence-electron chi connectivity index (χ2n) is 8.10. The summed E-state index contributed by atoms with van der Waals surface area (Å²) in [7, 11) is 0. The summed E-state index contributed by atoms with van der Waals surface area (Å²) in [5, 5.41) is 20.1. The maximum absolute atomic E-state index is 13.1. The van der Waals surface area contributed by atoms with E-state index in [4.69, 9.17) is 0 Å². The number of Topliss-reactive ketones (excluding diaryl/α,β-unsaturated/α-hetero) is 1. The van der Waals surface area contributed by atoms with Gasteiger partial charge in [0.05, 0.1) is 0 Å². The van der Waals surface area contributed by atoms with Gasteiger partial charge < -0.3 is 0 Å².